The number of piperidine rings is 1. The Hall–Kier alpha value is -2.05. The van der Waals surface area contributed by atoms with Crippen LogP contribution in [0.4, 0.5) is 14.5 Å². The third-order valence-corrected chi connectivity index (χ3v) is 4.23. The van der Waals surface area contributed by atoms with Crippen molar-refractivity contribution in [2.24, 2.45) is 5.92 Å². The zero-order valence-electron chi connectivity index (χ0n) is 14.2. The monoisotopic (exact) mass is 342 g/mol. The molecule has 1 aliphatic heterocycles. The first kappa shape index (κ1) is 18.3. The van der Waals surface area contributed by atoms with Crippen LogP contribution in [0.5, 0.6) is 11.5 Å². The number of nitrogens with one attached hydrogen (secondary N) is 1. The maximum Gasteiger partial charge on any atom is 0.387 e. The van der Waals surface area contributed by atoms with Crippen LogP contribution in [0.1, 0.15) is 26.7 Å². The number of likely N-dealkylation sites (tertiary alicyclic amines) is 1. The van der Waals surface area contributed by atoms with Crippen LogP contribution >= 0.6 is 0 Å². The highest BCUT2D eigenvalue weighted by molar-refractivity contribution is 5.84. The second-order valence-corrected chi connectivity index (χ2v) is 6.12. The van der Waals surface area contributed by atoms with E-state index in [1.54, 1.807) is 13.0 Å². The fourth-order valence-electron chi connectivity index (χ4n) is 2.77. The molecule has 1 saturated heterocycles. The van der Waals surface area contributed by atoms with E-state index in [1.807, 2.05) is 4.90 Å². The minimum Gasteiger partial charge on any atom is -0.493 e. The Labute approximate surface area is 140 Å². The first-order valence-corrected chi connectivity index (χ1v) is 8.09. The quantitative estimate of drug-likeness (QED) is 0.861. The molecule has 1 unspecified atom stereocenters. The molecule has 1 atom stereocenters. The van der Waals surface area contributed by atoms with Crippen LogP contribution in [-0.2, 0) is 4.79 Å². The van der Waals surface area contributed by atoms with E-state index in [2.05, 4.69) is 17.0 Å². The van der Waals surface area contributed by atoms with Crippen LogP contribution < -0.4 is 14.8 Å². The second-order valence-electron chi connectivity index (χ2n) is 6.12. The van der Waals surface area contributed by atoms with Gasteiger partial charge in [0.1, 0.15) is 6.04 Å². The van der Waals surface area contributed by atoms with E-state index in [1.165, 1.54) is 19.2 Å². The lowest BCUT2D eigenvalue weighted by Crippen LogP contribution is -2.45. The number of carbonyl (C=O) groups is 1. The number of hydrogen-bond donors (Lipinski definition) is 1. The SMILES string of the molecule is COc1ccc(NC(C)C(=O)N2CCC(C)CC2)cc1OC(F)F. The van der Waals surface area contributed by atoms with Crippen LogP contribution in [0.15, 0.2) is 18.2 Å². The van der Waals surface area contributed by atoms with E-state index in [-0.39, 0.29) is 17.4 Å². The number of halogens is 2. The molecule has 1 fully saturated rings. The van der Waals surface area contributed by atoms with Gasteiger partial charge in [-0.1, -0.05) is 6.92 Å². The van der Waals surface area contributed by atoms with Crippen LogP contribution in [0, 0.1) is 5.92 Å². The van der Waals surface area contributed by atoms with E-state index < -0.39 is 12.7 Å². The van der Waals surface area contributed by atoms with E-state index in [0.717, 1.165) is 25.9 Å². The summed E-state index contributed by atoms with van der Waals surface area (Å²) < 4.78 is 34.4. The lowest BCUT2D eigenvalue weighted by Gasteiger charge is -2.32. The van der Waals surface area contributed by atoms with E-state index in [9.17, 15) is 13.6 Å². The molecule has 1 aromatic rings. The lowest BCUT2D eigenvalue weighted by molar-refractivity contribution is -0.132. The van der Waals surface area contributed by atoms with Gasteiger partial charge in [0.05, 0.1) is 7.11 Å². The van der Waals surface area contributed by atoms with Crippen molar-refractivity contribution in [3.8, 4) is 11.5 Å². The first-order chi connectivity index (χ1) is 11.4. The third-order valence-electron chi connectivity index (χ3n) is 4.23. The van der Waals surface area contributed by atoms with Crippen molar-refractivity contribution in [3.05, 3.63) is 18.2 Å². The number of rotatable bonds is 6. The molecule has 1 aliphatic rings. The summed E-state index contributed by atoms with van der Waals surface area (Å²) >= 11 is 0. The molecule has 7 heteroatoms. The normalized spacial score (nSPS) is 16.8. The Kier molecular flexibility index (Phi) is 6.23. The molecule has 0 spiro atoms. The number of hydrogen-bond acceptors (Lipinski definition) is 4. The summed E-state index contributed by atoms with van der Waals surface area (Å²) in [6.07, 6.45) is 2.01. The maximum absolute atomic E-state index is 12.5. The summed E-state index contributed by atoms with van der Waals surface area (Å²) in [4.78, 5) is 14.3. The Morgan fingerprint density at radius 2 is 1.96 bits per heavy atom. The highest BCUT2D eigenvalue weighted by Crippen LogP contribution is 2.31. The molecule has 0 aliphatic carbocycles. The standard InChI is InChI=1S/C17H24F2N2O3/c1-11-6-8-21(9-7-11)16(22)12(2)20-13-4-5-14(23-3)15(10-13)24-17(18)19/h4-5,10-12,17,20H,6-9H2,1-3H3. The zero-order chi connectivity index (χ0) is 17.7. The van der Waals surface area contributed by atoms with Crippen molar-refractivity contribution in [2.75, 3.05) is 25.5 Å². The highest BCUT2D eigenvalue weighted by atomic mass is 19.3. The summed E-state index contributed by atoms with van der Waals surface area (Å²) in [7, 11) is 1.38. The number of methoxy groups -OCH3 is 1. The molecular weight excluding hydrogens is 318 g/mol. The van der Waals surface area contributed by atoms with Crippen molar-refractivity contribution in [2.45, 2.75) is 39.3 Å². The van der Waals surface area contributed by atoms with Gasteiger partial charge < -0.3 is 19.7 Å². The van der Waals surface area contributed by atoms with Gasteiger partial charge >= 0.3 is 6.61 Å². The minimum absolute atomic E-state index is 0.00838. The number of ether oxygens (including phenoxy) is 2. The Morgan fingerprint density at radius 3 is 2.54 bits per heavy atom. The average Bonchev–Trinajstić information content (AvgIpc) is 2.54. The summed E-state index contributed by atoms with van der Waals surface area (Å²) in [6, 6.07) is 4.15. The molecule has 0 bridgehead atoms. The van der Waals surface area contributed by atoms with Crippen molar-refractivity contribution in [1.29, 1.82) is 0 Å². The van der Waals surface area contributed by atoms with Gasteiger partial charge in [-0.05, 0) is 37.8 Å². The second kappa shape index (κ2) is 8.17. The van der Waals surface area contributed by atoms with Crippen molar-refractivity contribution >= 4 is 11.6 Å². The third kappa shape index (κ3) is 4.72. The zero-order valence-corrected chi connectivity index (χ0v) is 14.2. The minimum atomic E-state index is -2.94. The highest BCUT2D eigenvalue weighted by Gasteiger charge is 2.24. The number of nitrogens with zero attached hydrogens (tertiary/aromatic N) is 1. The lowest BCUT2D eigenvalue weighted by atomic mass is 9.99. The fourth-order valence-corrected chi connectivity index (χ4v) is 2.77. The van der Waals surface area contributed by atoms with Crippen LogP contribution in [-0.4, -0.2) is 43.7 Å². The molecule has 5 nitrogen and oxygen atoms in total. The number of amides is 1. The molecule has 1 amide bonds. The first-order valence-electron chi connectivity index (χ1n) is 8.09. The van der Waals surface area contributed by atoms with Gasteiger partial charge in [0.25, 0.3) is 0 Å². The topological polar surface area (TPSA) is 50.8 Å². The summed E-state index contributed by atoms with van der Waals surface area (Å²) in [6.45, 7) is 2.52. The number of benzene rings is 1. The predicted octanol–water partition coefficient (Wildman–Crippen LogP) is 3.36. The maximum atomic E-state index is 12.5. The number of anilines is 1. The van der Waals surface area contributed by atoms with Crippen molar-refractivity contribution in [3.63, 3.8) is 0 Å². The van der Waals surface area contributed by atoms with Gasteiger partial charge in [-0.15, -0.1) is 0 Å². The molecule has 2 rings (SSSR count). The summed E-state index contributed by atoms with van der Waals surface area (Å²) in [5, 5.41) is 3.04. The van der Waals surface area contributed by atoms with E-state index in [0.29, 0.717) is 11.6 Å². The van der Waals surface area contributed by atoms with Crippen LogP contribution in [0.3, 0.4) is 0 Å². The van der Waals surface area contributed by atoms with E-state index >= 15 is 0 Å². The van der Waals surface area contributed by atoms with Crippen LogP contribution in [0.2, 0.25) is 0 Å². The van der Waals surface area contributed by atoms with Gasteiger partial charge in [0.2, 0.25) is 5.91 Å². The van der Waals surface area contributed by atoms with Gasteiger partial charge in [0, 0.05) is 24.8 Å². The van der Waals surface area contributed by atoms with E-state index in [4.69, 9.17) is 4.74 Å². The Balaban J connectivity index is 2.02. The summed E-state index contributed by atoms with van der Waals surface area (Å²) in [5.41, 5.74) is 0.526. The average molecular weight is 342 g/mol. The van der Waals surface area contributed by atoms with Gasteiger partial charge in [0.15, 0.2) is 11.5 Å². The van der Waals surface area contributed by atoms with Crippen LogP contribution in [0.25, 0.3) is 0 Å². The van der Waals surface area contributed by atoms with Crippen molar-refractivity contribution < 1.29 is 23.0 Å². The molecule has 0 saturated carbocycles. The Morgan fingerprint density at radius 1 is 1.29 bits per heavy atom. The fraction of sp³-hybridized carbons (Fsp3) is 0.588. The largest absolute Gasteiger partial charge is 0.493 e. The molecule has 1 N–H and O–H groups in total. The molecular formula is C17H24F2N2O3. The van der Waals surface area contributed by atoms with Crippen molar-refractivity contribution in [1.82, 2.24) is 4.90 Å². The van der Waals surface area contributed by atoms with Gasteiger partial charge in [-0.2, -0.15) is 8.78 Å². The number of carbonyl (C=O) groups excluding carboxylic acids is 1. The van der Waals surface area contributed by atoms with Gasteiger partial charge in [-0.25, -0.2) is 0 Å². The predicted molar refractivity (Wildman–Crippen MR) is 87.7 cm³/mol. The molecule has 1 heterocycles. The molecule has 134 valence electrons. The summed E-state index contributed by atoms with van der Waals surface area (Å²) in [5.74, 6) is 0.802. The Bertz CT molecular complexity index is 561. The molecule has 24 heavy (non-hydrogen) atoms. The smallest absolute Gasteiger partial charge is 0.387 e. The molecule has 0 radical (unpaired) electrons. The number of alkyl halides is 2. The van der Waals surface area contributed by atoms with Gasteiger partial charge in [-0.3, -0.25) is 4.79 Å². The molecule has 0 aromatic heterocycles. The molecule has 1 aromatic carbocycles.